The van der Waals surface area contributed by atoms with Gasteiger partial charge >= 0.3 is 5.97 Å². The van der Waals surface area contributed by atoms with Crippen LogP contribution in [0.5, 0.6) is 0 Å². The number of methoxy groups -OCH3 is 1. The number of amides is 1. The Labute approximate surface area is 139 Å². The van der Waals surface area contributed by atoms with Gasteiger partial charge in [-0.25, -0.2) is 13.2 Å². The van der Waals surface area contributed by atoms with Crippen molar-refractivity contribution in [2.24, 2.45) is 5.92 Å². The first kappa shape index (κ1) is 20.0. The molecule has 1 rings (SSSR count). The number of esters is 1. The third-order valence-corrected chi connectivity index (χ3v) is 3.68. The van der Waals surface area contributed by atoms with E-state index in [1.165, 1.54) is 12.0 Å². The van der Waals surface area contributed by atoms with Crippen molar-refractivity contribution in [3.05, 3.63) is 35.1 Å². The molecular formula is C17H22F3NO3. The van der Waals surface area contributed by atoms with Crippen LogP contribution in [0.4, 0.5) is 13.2 Å². The first-order valence-electron chi connectivity index (χ1n) is 7.84. The van der Waals surface area contributed by atoms with Gasteiger partial charge in [0.25, 0.3) is 5.91 Å². The third kappa shape index (κ3) is 4.97. The van der Waals surface area contributed by atoms with Gasteiger partial charge in [0, 0.05) is 13.1 Å². The Morgan fingerprint density at radius 1 is 1.17 bits per heavy atom. The topological polar surface area (TPSA) is 46.6 Å². The van der Waals surface area contributed by atoms with Gasteiger partial charge in [0.2, 0.25) is 0 Å². The molecule has 0 spiro atoms. The van der Waals surface area contributed by atoms with Crippen LogP contribution in [0.15, 0.2) is 12.1 Å². The smallest absolute Gasteiger partial charge is 0.310 e. The molecule has 0 fully saturated rings. The van der Waals surface area contributed by atoms with E-state index in [0.717, 1.165) is 18.9 Å². The molecule has 1 amide bonds. The van der Waals surface area contributed by atoms with Crippen molar-refractivity contribution in [2.75, 3.05) is 20.2 Å². The molecule has 134 valence electrons. The van der Waals surface area contributed by atoms with Gasteiger partial charge in [0.1, 0.15) is 0 Å². The first-order chi connectivity index (χ1) is 11.3. The van der Waals surface area contributed by atoms with Crippen LogP contribution in [0.2, 0.25) is 0 Å². The number of carbonyl (C=O) groups is 2. The number of nitrogens with zero attached hydrogens (tertiary/aromatic N) is 1. The standard InChI is InChI=1S/C17H22F3NO3/c1-4-5-6-9-21(10-11(2)17(23)24-3)16(22)12-7-8-13(18)15(20)14(12)19/h7-8,11H,4-6,9-10H2,1-3H3. The quantitative estimate of drug-likeness (QED) is 0.411. The molecule has 0 N–H and O–H groups in total. The van der Waals surface area contributed by atoms with Crippen LogP contribution in [0.3, 0.4) is 0 Å². The van der Waals surface area contributed by atoms with Crippen LogP contribution in [0.1, 0.15) is 43.5 Å². The fourth-order valence-corrected chi connectivity index (χ4v) is 2.30. The predicted molar refractivity (Wildman–Crippen MR) is 82.9 cm³/mol. The molecule has 7 heteroatoms. The van der Waals surface area contributed by atoms with Crippen LogP contribution in [0.25, 0.3) is 0 Å². The molecule has 0 bridgehead atoms. The molecule has 1 aromatic carbocycles. The summed E-state index contributed by atoms with van der Waals surface area (Å²) in [6.45, 7) is 3.85. The number of benzene rings is 1. The average molecular weight is 345 g/mol. The average Bonchev–Trinajstić information content (AvgIpc) is 2.57. The summed E-state index contributed by atoms with van der Waals surface area (Å²) in [6.07, 6.45) is 2.41. The van der Waals surface area contributed by atoms with Crippen molar-refractivity contribution in [1.82, 2.24) is 4.90 Å². The molecule has 0 aliphatic carbocycles. The van der Waals surface area contributed by atoms with Crippen LogP contribution in [-0.4, -0.2) is 37.0 Å². The molecule has 0 saturated heterocycles. The summed E-state index contributed by atoms with van der Waals surface area (Å²) in [5.74, 6) is -6.47. The van der Waals surface area contributed by atoms with E-state index in [-0.39, 0.29) is 13.1 Å². The van der Waals surface area contributed by atoms with Gasteiger partial charge in [-0.15, -0.1) is 0 Å². The first-order valence-corrected chi connectivity index (χ1v) is 7.84. The van der Waals surface area contributed by atoms with E-state index in [9.17, 15) is 22.8 Å². The molecule has 0 aromatic heterocycles. The Morgan fingerprint density at radius 2 is 1.83 bits per heavy atom. The molecule has 0 aliphatic heterocycles. The largest absolute Gasteiger partial charge is 0.469 e. The number of hydrogen-bond donors (Lipinski definition) is 0. The molecule has 0 saturated carbocycles. The number of carbonyl (C=O) groups excluding carboxylic acids is 2. The maximum Gasteiger partial charge on any atom is 0.310 e. The monoisotopic (exact) mass is 345 g/mol. The third-order valence-electron chi connectivity index (χ3n) is 3.68. The van der Waals surface area contributed by atoms with E-state index in [1.807, 2.05) is 6.92 Å². The van der Waals surface area contributed by atoms with Crippen molar-refractivity contribution < 1.29 is 27.5 Å². The van der Waals surface area contributed by atoms with Crippen molar-refractivity contribution in [1.29, 1.82) is 0 Å². The fraction of sp³-hybridized carbons (Fsp3) is 0.529. The van der Waals surface area contributed by atoms with Gasteiger partial charge in [0.15, 0.2) is 17.5 Å². The highest BCUT2D eigenvalue weighted by Crippen LogP contribution is 2.18. The van der Waals surface area contributed by atoms with Gasteiger partial charge in [-0.2, -0.15) is 0 Å². The molecule has 0 aliphatic rings. The molecular weight excluding hydrogens is 323 g/mol. The zero-order valence-corrected chi connectivity index (χ0v) is 14.1. The summed E-state index contributed by atoms with van der Waals surface area (Å²) in [7, 11) is 1.23. The number of hydrogen-bond acceptors (Lipinski definition) is 3. The fourth-order valence-electron chi connectivity index (χ4n) is 2.30. The Hall–Kier alpha value is -2.05. The van der Waals surface area contributed by atoms with Crippen LogP contribution in [0, 0.1) is 23.4 Å². The number of unbranched alkanes of at least 4 members (excludes halogenated alkanes) is 2. The van der Waals surface area contributed by atoms with Crippen molar-refractivity contribution in [3.63, 3.8) is 0 Å². The minimum Gasteiger partial charge on any atom is -0.469 e. The van der Waals surface area contributed by atoms with Crippen molar-refractivity contribution in [2.45, 2.75) is 33.1 Å². The lowest BCUT2D eigenvalue weighted by Crippen LogP contribution is -2.38. The molecule has 0 heterocycles. The summed E-state index contributed by atoms with van der Waals surface area (Å²) in [4.78, 5) is 25.3. The molecule has 0 radical (unpaired) electrons. The van der Waals surface area contributed by atoms with E-state index in [0.29, 0.717) is 12.5 Å². The van der Waals surface area contributed by atoms with E-state index < -0.39 is 40.8 Å². The highest BCUT2D eigenvalue weighted by atomic mass is 19.2. The summed E-state index contributed by atoms with van der Waals surface area (Å²) < 4.78 is 44.9. The van der Waals surface area contributed by atoms with Gasteiger partial charge in [-0.3, -0.25) is 9.59 Å². The van der Waals surface area contributed by atoms with Crippen molar-refractivity contribution >= 4 is 11.9 Å². The molecule has 24 heavy (non-hydrogen) atoms. The lowest BCUT2D eigenvalue weighted by atomic mass is 10.1. The van der Waals surface area contributed by atoms with Crippen LogP contribution in [-0.2, 0) is 9.53 Å². The Bertz CT molecular complexity index is 593. The normalized spacial score (nSPS) is 11.9. The van der Waals surface area contributed by atoms with E-state index >= 15 is 0 Å². The van der Waals surface area contributed by atoms with Gasteiger partial charge in [0.05, 0.1) is 18.6 Å². The number of ether oxygens (including phenoxy) is 1. The summed E-state index contributed by atoms with van der Waals surface area (Å²) in [5, 5.41) is 0. The summed E-state index contributed by atoms with van der Waals surface area (Å²) in [5.41, 5.74) is -0.553. The lowest BCUT2D eigenvalue weighted by Gasteiger charge is -2.25. The Kier molecular flexibility index (Phi) is 7.74. The second kappa shape index (κ2) is 9.30. The highest BCUT2D eigenvalue weighted by molar-refractivity contribution is 5.94. The second-order valence-electron chi connectivity index (χ2n) is 5.61. The number of rotatable bonds is 8. The maximum atomic E-state index is 13.9. The lowest BCUT2D eigenvalue weighted by molar-refractivity contribution is -0.145. The van der Waals surface area contributed by atoms with Crippen LogP contribution >= 0.6 is 0 Å². The van der Waals surface area contributed by atoms with E-state index in [1.54, 1.807) is 6.92 Å². The minimum absolute atomic E-state index is 0.00760. The summed E-state index contributed by atoms with van der Waals surface area (Å²) >= 11 is 0. The van der Waals surface area contributed by atoms with Crippen LogP contribution < -0.4 is 0 Å². The SMILES string of the molecule is CCCCCN(CC(C)C(=O)OC)C(=O)c1ccc(F)c(F)c1F. The molecule has 4 nitrogen and oxygen atoms in total. The zero-order valence-electron chi connectivity index (χ0n) is 14.1. The summed E-state index contributed by atoms with van der Waals surface area (Å²) in [6, 6.07) is 1.62. The van der Waals surface area contributed by atoms with Crippen molar-refractivity contribution in [3.8, 4) is 0 Å². The Balaban J connectivity index is 3.02. The number of halogens is 3. The highest BCUT2D eigenvalue weighted by Gasteiger charge is 2.26. The molecule has 1 atom stereocenters. The Morgan fingerprint density at radius 3 is 2.42 bits per heavy atom. The maximum absolute atomic E-state index is 13.9. The van der Waals surface area contributed by atoms with Gasteiger partial charge < -0.3 is 9.64 Å². The molecule has 1 unspecified atom stereocenters. The van der Waals surface area contributed by atoms with Gasteiger partial charge in [-0.1, -0.05) is 26.7 Å². The zero-order chi connectivity index (χ0) is 18.3. The van der Waals surface area contributed by atoms with E-state index in [2.05, 4.69) is 4.74 Å². The van der Waals surface area contributed by atoms with Gasteiger partial charge in [-0.05, 0) is 18.6 Å². The predicted octanol–water partition coefficient (Wildman–Crippen LogP) is 3.55. The minimum atomic E-state index is -1.68. The second-order valence-corrected chi connectivity index (χ2v) is 5.61. The molecule has 1 aromatic rings. The van der Waals surface area contributed by atoms with E-state index in [4.69, 9.17) is 0 Å².